The first kappa shape index (κ1) is 16.7. The second kappa shape index (κ2) is 8.06. The Balaban J connectivity index is 1.64. The summed E-state index contributed by atoms with van der Waals surface area (Å²) in [6, 6.07) is 12.3. The van der Waals surface area contributed by atoms with Crippen molar-refractivity contribution in [2.24, 2.45) is 4.99 Å². The highest BCUT2D eigenvalue weighted by Gasteiger charge is 2.23. The molecule has 1 aliphatic heterocycles. The van der Waals surface area contributed by atoms with Gasteiger partial charge in [-0.1, -0.05) is 37.6 Å². The van der Waals surface area contributed by atoms with Crippen molar-refractivity contribution >= 4 is 23.2 Å². The lowest BCUT2D eigenvalue weighted by Gasteiger charge is -2.02. The van der Waals surface area contributed by atoms with E-state index in [0.29, 0.717) is 11.6 Å². The summed E-state index contributed by atoms with van der Waals surface area (Å²) >= 11 is 1.73. The van der Waals surface area contributed by atoms with Crippen molar-refractivity contribution in [3.8, 4) is 0 Å². The van der Waals surface area contributed by atoms with Crippen LogP contribution in [0.1, 0.15) is 42.2 Å². The molecule has 0 spiro atoms. The monoisotopic (exact) mass is 339 g/mol. The highest BCUT2D eigenvalue weighted by Crippen LogP contribution is 2.19. The van der Waals surface area contributed by atoms with Crippen molar-refractivity contribution in [2.45, 2.75) is 39.0 Å². The number of unbranched alkanes of at least 4 members (excludes halogenated alkanes) is 1. The minimum Gasteiger partial charge on any atom is -0.402 e. The second-order valence-electron chi connectivity index (χ2n) is 5.81. The highest BCUT2D eigenvalue weighted by molar-refractivity contribution is 7.09. The summed E-state index contributed by atoms with van der Waals surface area (Å²) in [5.41, 5.74) is 2.57. The topological polar surface area (TPSA) is 38.7 Å². The minimum atomic E-state index is -0.355. The quantitative estimate of drug-likeness (QED) is 0.531. The van der Waals surface area contributed by atoms with Crippen molar-refractivity contribution < 1.29 is 9.53 Å². The normalized spacial score (nSPS) is 15.6. The maximum Gasteiger partial charge on any atom is 0.363 e. The lowest BCUT2D eigenvalue weighted by atomic mass is 10.1. The smallest absolute Gasteiger partial charge is 0.363 e. The van der Waals surface area contributed by atoms with Gasteiger partial charge in [0, 0.05) is 10.4 Å². The molecule has 0 bridgehead atoms. The van der Waals surface area contributed by atoms with Crippen LogP contribution in [-0.4, -0.2) is 11.9 Å². The Kier molecular flexibility index (Phi) is 5.59. The number of ether oxygens (including phenoxy) is 1. The summed E-state index contributed by atoms with van der Waals surface area (Å²) in [5.74, 6) is 0.0515. The predicted molar refractivity (Wildman–Crippen MR) is 98.4 cm³/mol. The number of esters is 1. The van der Waals surface area contributed by atoms with Crippen LogP contribution in [0.5, 0.6) is 0 Å². The number of benzene rings is 1. The van der Waals surface area contributed by atoms with E-state index in [4.69, 9.17) is 4.74 Å². The van der Waals surface area contributed by atoms with Crippen LogP contribution < -0.4 is 0 Å². The van der Waals surface area contributed by atoms with E-state index in [9.17, 15) is 4.79 Å². The molecule has 0 fully saturated rings. The molecule has 0 N–H and O–H groups in total. The molecule has 1 aromatic carbocycles. The van der Waals surface area contributed by atoms with Gasteiger partial charge in [-0.3, -0.25) is 0 Å². The third kappa shape index (κ3) is 4.20. The minimum absolute atomic E-state index is 0.355. The molecule has 0 saturated carbocycles. The Morgan fingerprint density at radius 1 is 1.17 bits per heavy atom. The molecule has 0 atom stereocenters. The van der Waals surface area contributed by atoms with E-state index < -0.39 is 0 Å². The van der Waals surface area contributed by atoms with E-state index in [-0.39, 0.29) is 5.97 Å². The van der Waals surface area contributed by atoms with Gasteiger partial charge in [-0.05, 0) is 54.8 Å². The third-order valence-corrected chi connectivity index (χ3v) is 4.89. The molecule has 24 heavy (non-hydrogen) atoms. The number of carbonyl (C=O) groups excluding carboxylic acids is 1. The van der Waals surface area contributed by atoms with E-state index in [0.717, 1.165) is 24.8 Å². The number of hydrogen-bond acceptors (Lipinski definition) is 4. The molecule has 124 valence electrons. The standard InChI is InChI=1S/C20H21NO2S/c1-2-3-6-15-10-12-16(13-11-15)19-21-18(20(22)23-19)9-4-7-17-8-5-14-24-17/h5,8-14H,2-4,6-7H2,1H3/b18-9+. The Hall–Kier alpha value is -2.20. The summed E-state index contributed by atoms with van der Waals surface area (Å²) in [7, 11) is 0. The number of allylic oxidation sites excluding steroid dienone is 1. The molecule has 1 aliphatic rings. The second-order valence-corrected chi connectivity index (χ2v) is 6.85. The van der Waals surface area contributed by atoms with Gasteiger partial charge in [0.05, 0.1) is 0 Å². The van der Waals surface area contributed by atoms with Crippen LogP contribution in [-0.2, 0) is 22.4 Å². The lowest BCUT2D eigenvalue weighted by molar-refractivity contribution is -0.130. The van der Waals surface area contributed by atoms with Gasteiger partial charge in [0.2, 0.25) is 5.90 Å². The fourth-order valence-electron chi connectivity index (χ4n) is 2.57. The summed E-state index contributed by atoms with van der Waals surface area (Å²) in [6.07, 6.45) is 7.03. The van der Waals surface area contributed by atoms with Crippen molar-refractivity contribution in [1.82, 2.24) is 0 Å². The molecular weight excluding hydrogens is 318 g/mol. The number of cyclic esters (lactones) is 1. The van der Waals surface area contributed by atoms with Gasteiger partial charge in [-0.2, -0.15) is 0 Å². The van der Waals surface area contributed by atoms with E-state index in [1.807, 2.05) is 24.3 Å². The van der Waals surface area contributed by atoms with Crippen LogP contribution >= 0.6 is 11.3 Å². The molecule has 0 amide bonds. The molecule has 0 unspecified atom stereocenters. The lowest BCUT2D eigenvalue weighted by Crippen LogP contribution is -2.05. The molecule has 0 radical (unpaired) electrons. The van der Waals surface area contributed by atoms with Crippen LogP contribution in [0.3, 0.4) is 0 Å². The zero-order valence-electron chi connectivity index (χ0n) is 13.8. The maximum atomic E-state index is 12.0. The van der Waals surface area contributed by atoms with Crippen molar-refractivity contribution in [2.75, 3.05) is 0 Å². The first-order chi connectivity index (χ1) is 11.8. The number of nitrogens with zero attached hydrogens (tertiary/aromatic N) is 1. The maximum absolute atomic E-state index is 12.0. The molecule has 2 aromatic rings. The first-order valence-corrected chi connectivity index (χ1v) is 9.27. The van der Waals surface area contributed by atoms with Gasteiger partial charge in [0.25, 0.3) is 0 Å². The highest BCUT2D eigenvalue weighted by atomic mass is 32.1. The number of aliphatic imine (C=N–C) groups is 1. The average Bonchev–Trinajstić information content (AvgIpc) is 3.24. The number of aryl methyl sites for hydroxylation is 2. The van der Waals surface area contributed by atoms with E-state index >= 15 is 0 Å². The molecule has 2 heterocycles. The Labute approximate surface area is 146 Å². The molecule has 0 saturated heterocycles. The molecule has 1 aromatic heterocycles. The van der Waals surface area contributed by atoms with Gasteiger partial charge < -0.3 is 4.74 Å². The Morgan fingerprint density at radius 2 is 2.00 bits per heavy atom. The van der Waals surface area contributed by atoms with Crippen LogP contribution in [0.25, 0.3) is 0 Å². The summed E-state index contributed by atoms with van der Waals surface area (Å²) in [5, 5.41) is 2.06. The Morgan fingerprint density at radius 3 is 2.71 bits per heavy atom. The fraction of sp³-hybridized carbons (Fsp3) is 0.300. The molecule has 4 heteroatoms. The first-order valence-electron chi connectivity index (χ1n) is 8.39. The van der Waals surface area contributed by atoms with E-state index in [1.54, 1.807) is 11.3 Å². The zero-order valence-corrected chi connectivity index (χ0v) is 14.6. The van der Waals surface area contributed by atoms with Crippen molar-refractivity contribution in [1.29, 1.82) is 0 Å². The largest absolute Gasteiger partial charge is 0.402 e. The van der Waals surface area contributed by atoms with Gasteiger partial charge in [0.1, 0.15) is 5.70 Å². The number of hydrogen-bond donors (Lipinski definition) is 0. The van der Waals surface area contributed by atoms with Crippen LogP contribution in [0.15, 0.2) is 58.5 Å². The molecule has 3 rings (SSSR count). The third-order valence-electron chi connectivity index (χ3n) is 3.95. The van der Waals surface area contributed by atoms with Gasteiger partial charge in [-0.15, -0.1) is 11.3 Å². The SMILES string of the molecule is CCCCc1ccc(C2=N/C(=C/CCc3cccs3)C(=O)O2)cc1. The van der Waals surface area contributed by atoms with E-state index in [2.05, 4.69) is 35.5 Å². The number of carbonyl (C=O) groups is 1. The van der Waals surface area contributed by atoms with Crippen LogP contribution in [0.4, 0.5) is 0 Å². The zero-order chi connectivity index (χ0) is 16.8. The average molecular weight is 339 g/mol. The fourth-order valence-corrected chi connectivity index (χ4v) is 3.30. The number of rotatable bonds is 7. The Bertz CT molecular complexity index is 742. The van der Waals surface area contributed by atoms with Crippen LogP contribution in [0, 0.1) is 0 Å². The van der Waals surface area contributed by atoms with Gasteiger partial charge in [-0.25, -0.2) is 9.79 Å². The summed E-state index contributed by atoms with van der Waals surface area (Å²) < 4.78 is 5.31. The number of thiophene rings is 1. The van der Waals surface area contributed by atoms with Gasteiger partial charge >= 0.3 is 5.97 Å². The summed E-state index contributed by atoms with van der Waals surface area (Å²) in [4.78, 5) is 17.6. The van der Waals surface area contributed by atoms with Gasteiger partial charge in [0.15, 0.2) is 0 Å². The van der Waals surface area contributed by atoms with Crippen molar-refractivity contribution in [3.63, 3.8) is 0 Å². The van der Waals surface area contributed by atoms with Crippen LogP contribution in [0.2, 0.25) is 0 Å². The molecular formula is C20H21NO2S. The molecule has 3 nitrogen and oxygen atoms in total. The predicted octanol–water partition coefficient (Wildman–Crippen LogP) is 4.91. The van der Waals surface area contributed by atoms with Crippen molar-refractivity contribution in [3.05, 3.63) is 69.6 Å². The van der Waals surface area contributed by atoms with E-state index in [1.165, 1.54) is 23.3 Å². The summed E-state index contributed by atoms with van der Waals surface area (Å²) in [6.45, 7) is 2.19. The molecule has 0 aliphatic carbocycles.